The maximum absolute atomic E-state index is 2.56. The molecule has 0 atom stereocenters. The van der Waals surface area contributed by atoms with Crippen LogP contribution in [0.4, 0.5) is 0 Å². The highest BCUT2D eigenvalue weighted by atomic mass is 15.1. The molecule has 0 unspecified atom stereocenters. The van der Waals surface area contributed by atoms with Crippen molar-refractivity contribution in [2.45, 2.75) is 136 Å². The van der Waals surface area contributed by atoms with E-state index in [1.807, 2.05) is 0 Å². The van der Waals surface area contributed by atoms with Crippen LogP contribution in [-0.4, -0.2) is 25.0 Å². The molecule has 0 spiro atoms. The summed E-state index contributed by atoms with van der Waals surface area (Å²) in [5, 5.41) is 0. The van der Waals surface area contributed by atoms with Crippen molar-refractivity contribution in [1.29, 1.82) is 0 Å². The monoisotopic (exact) mass is 353 g/mol. The van der Waals surface area contributed by atoms with Crippen LogP contribution in [-0.2, 0) is 0 Å². The van der Waals surface area contributed by atoms with Gasteiger partial charge in [-0.25, -0.2) is 0 Å². The Morgan fingerprint density at radius 1 is 0.360 bits per heavy atom. The summed E-state index contributed by atoms with van der Waals surface area (Å²) in [6.45, 7) is 7.22. The average molecular weight is 354 g/mol. The van der Waals surface area contributed by atoms with Crippen LogP contribution < -0.4 is 0 Å². The van der Waals surface area contributed by atoms with E-state index in [0.717, 1.165) is 0 Å². The molecule has 0 aromatic heterocycles. The van der Waals surface area contributed by atoms with Gasteiger partial charge in [0.2, 0.25) is 0 Å². The quantitative estimate of drug-likeness (QED) is 0.187. The van der Waals surface area contributed by atoms with Gasteiger partial charge >= 0.3 is 0 Å². The first-order valence-electron chi connectivity index (χ1n) is 12.0. The highest BCUT2D eigenvalue weighted by Crippen LogP contribution is 2.12. The Labute approximate surface area is 161 Å². The number of unbranched alkanes of at least 4 members (excludes halogenated alkanes) is 17. The standard InChI is InChI=1S/C24H51N/c1-4-6-8-10-12-13-14-15-16-18-20-22-24-25(3)23-21-19-17-11-9-7-5-2/h4-24H2,1-3H3. The molecule has 0 N–H and O–H groups in total. The molecule has 152 valence electrons. The molecule has 1 nitrogen and oxygen atoms in total. The van der Waals surface area contributed by atoms with Crippen molar-refractivity contribution < 1.29 is 0 Å². The van der Waals surface area contributed by atoms with E-state index in [-0.39, 0.29) is 0 Å². The highest BCUT2D eigenvalue weighted by Gasteiger charge is 1.99. The van der Waals surface area contributed by atoms with Gasteiger partial charge in [-0.2, -0.15) is 0 Å². The van der Waals surface area contributed by atoms with Crippen molar-refractivity contribution in [3.63, 3.8) is 0 Å². The third kappa shape index (κ3) is 21.9. The van der Waals surface area contributed by atoms with Gasteiger partial charge in [0, 0.05) is 0 Å². The zero-order chi connectivity index (χ0) is 18.4. The summed E-state index contributed by atoms with van der Waals surface area (Å²) in [4.78, 5) is 2.56. The maximum Gasteiger partial charge on any atom is -0.00218 e. The first-order valence-corrected chi connectivity index (χ1v) is 12.0. The molecule has 0 fully saturated rings. The molecule has 0 aliphatic carbocycles. The van der Waals surface area contributed by atoms with Crippen LogP contribution in [0.5, 0.6) is 0 Å². The van der Waals surface area contributed by atoms with Crippen molar-refractivity contribution in [3.05, 3.63) is 0 Å². The minimum atomic E-state index is 1.31. The minimum absolute atomic E-state index is 1.31. The fourth-order valence-corrected chi connectivity index (χ4v) is 3.67. The summed E-state index contributed by atoms with van der Waals surface area (Å²) < 4.78 is 0. The van der Waals surface area contributed by atoms with Gasteiger partial charge in [-0.05, 0) is 33.0 Å². The van der Waals surface area contributed by atoms with Gasteiger partial charge in [0.15, 0.2) is 0 Å². The van der Waals surface area contributed by atoms with Crippen LogP contribution in [0, 0.1) is 0 Å². The van der Waals surface area contributed by atoms with E-state index in [9.17, 15) is 0 Å². The normalized spacial score (nSPS) is 11.5. The molecule has 0 saturated heterocycles. The summed E-state index contributed by atoms with van der Waals surface area (Å²) in [5.41, 5.74) is 0. The van der Waals surface area contributed by atoms with E-state index in [0.29, 0.717) is 0 Å². The van der Waals surface area contributed by atoms with Gasteiger partial charge in [0.1, 0.15) is 0 Å². The van der Waals surface area contributed by atoms with Crippen molar-refractivity contribution in [2.24, 2.45) is 0 Å². The lowest BCUT2D eigenvalue weighted by molar-refractivity contribution is 0.314. The lowest BCUT2D eigenvalue weighted by Gasteiger charge is -2.16. The van der Waals surface area contributed by atoms with Gasteiger partial charge in [0.05, 0.1) is 0 Å². The smallest absolute Gasteiger partial charge is 0.00218 e. The topological polar surface area (TPSA) is 3.24 Å². The minimum Gasteiger partial charge on any atom is -0.306 e. The molecule has 0 aromatic rings. The predicted octanol–water partition coefficient (Wildman–Crippen LogP) is 8.37. The summed E-state index contributed by atoms with van der Waals surface area (Å²) in [6, 6.07) is 0. The molecule has 0 amide bonds. The number of hydrogen-bond donors (Lipinski definition) is 0. The van der Waals surface area contributed by atoms with Crippen LogP contribution in [0.15, 0.2) is 0 Å². The number of rotatable bonds is 21. The molecule has 0 aliphatic heterocycles. The predicted molar refractivity (Wildman–Crippen MR) is 117 cm³/mol. The fraction of sp³-hybridized carbons (Fsp3) is 1.00. The van der Waals surface area contributed by atoms with E-state index >= 15 is 0 Å². The second kappa shape index (κ2) is 22.0. The molecule has 0 bridgehead atoms. The molecule has 0 aromatic carbocycles. The van der Waals surface area contributed by atoms with Gasteiger partial charge < -0.3 is 4.90 Å². The molecular weight excluding hydrogens is 302 g/mol. The molecule has 0 saturated carbocycles. The van der Waals surface area contributed by atoms with E-state index in [1.165, 1.54) is 135 Å². The van der Waals surface area contributed by atoms with Crippen LogP contribution in [0.3, 0.4) is 0 Å². The van der Waals surface area contributed by atoms with Crippen LogP contribution in [0.2, 0.25) is 0 Å². The third-order valence-corrected chi connectivity index (χ3v) is 5.54. The number of nitrogens with zero attached hydrogens (tertiary/aromatic N) is 1. The number of hydrogen-bond acceptors (Lipinski definition) is 1. The fourth-order valence-electron chi connectivity index (χ4n) is 3.67. The largest absolute Gasteiger partial charge is 0.306 e. The Balaban J connectivity index is 3.11. The molecule has 0 aliphatic rings. The molecule has 1 heteroatoms. The Hall–Kier alpha value is -0.0400. The molecule has 0 rings (SSSR count). The van der Waals surface area contributed by atoms with Gasteiger partial charge in [0.25, 0.3) is 0 Å². The second-order valence-corrected chi connectivity index (χ2v) is 8.31. The van der Waals surface area contributed by atoms with Crippen molar-refractivity contribution >= 4 is 0 Å². The Morgan fingerprint density at radius 2 is 0.600 bits per heavy atom. The Bertz CT molecular complexity index is 226. The van der Waals surface area contributed by atoms with Crippen LogP contribution >= 0.6 is 0 Å². The molecule has 25 heavy (non-hydrogen) atoms. The Morgan fingerprint density at radius 3 is 0.880 bits per heavy atom. The first kappa shape index (κ1) is 25.0. The zero-order valence-corrected chi connectivity index (χ0v) is 18.3. The lowest BCUT2D eigenvalue weighted by atomic mass is 10.1. The Kier molecular flexibility index (Phi) is 22.0. The average Bonchev–Trinajstić information content (AvgIpc) is 2.62. The first-order chi connectivity index (χ1) is 12.3. The van der Waals surface area contributed by atoms with Crippen LogP contribution in [0.25, 0.3) is 0 Å². The highest BCUT2D eigenvalue weighted by molar-refractivity contribution is 4.55. The van der Waals surface area contributed by atoms with E-state index < -0.39 is 0 Å². The maximum atomic E-state index is 2.56. The van der Waals surface area contributed by atoms with Gasteiger partial charge in [-0.15, -0.1) is 0 Å². The zero-order valence-electron chi connectivity index (χ0n) is 18.3. The van der Waals surface area contributed by atoms with E-state index in [4.69, 9.17) is 0 Å². The summed E-state index contributed by atoms with van der Waals surface area (Å²) in [6.07, 6.45) is 27.4. The molecule has 0 heterocycles. The van der Waals surface area contributed by atoms with Crippen LogP contribution in [0.1, 0.15) is 136 Å². The van der Waals surface area contributed by atoms with E-state index in [2.05, 4.69) is 25.8 Å². The second-order valence-electron chi connectivity index (χ2n) is 8.31. The summed E-state index contributed by atoms with van der Waals surface area (Å²) >= 11 is 0. The van der Waals surface area contributed by atoms with Gasteiger partial charge in [-0.1, -0.05) is 123 Å². The van der Waals surface area contributed by atoms with Gasteiger partial charge in [-0.3, -0.25) is 0 Å². The third-order valence-electron chi connectivity index (χ3n) is 5.54. The van der Waals surface area contributed by atoms with Crippen molar-refractivity contribution in [1.82, 2.24) is 4.90 Å². The lowest BCUT2D eigenvalue weighted by Crippen LogP contribution is -2.20. The SMILES string of the molecule is CCCCCCCCCCCCCCN(C)CCCCCCCCC. The van der Waals surface area contributed by atoms with Crippen molar-refractivity contribution in [2.75, 3.05) is 20.1 Å². The van der Waals surface area contributed by atoms with Crippen molar-refractivity contribution in [3.8, 4) is 0 Å². The van der Waals surface area contributed by atoms with E-state index in [1.54, 1.807) is 0 Å². The summed E-state index contributed by atoms with van der Waals surface area (Å²) in [5.74, 6) is 0. The molecule has 0 radical (unpaired) electrons. The summed E-state index contributed by atoms with van der Waals surface area (Å²) in [7, 11) is 2.32. The molecular formula is C24H51N.